The number of anilines is 1. The predicted molar refractivity (Wildman–Crippen MR) is 64.3 cm³/mol. The van der Waals surface area contributed by atoms with Crippen LogP contribution in [0.1, 0.15) is 13.8 Å². The number of hydrogen-bond acceptors (Lipinski definition) is 6. The van der Waals surface area contributed by atoms with Gasteiger partial charge in [-0.1, -0.05) is 0 Å². The summed E-state index contributed by atoms with van der Waals surface area (Å²) in [6, 6.07) is 4.59. The van der Waals surface area contributed by atoms with Crippen LogP contribution in [-0.2, 0) is 0 Å². The highest BCUT2D eigenvalue weighted by Crippen LogP contribution is 2.32. The molecular weight excluding hydrogens is 224 g/mol. The molecule has 6 heteroatoms. The summed E-state index contributed by atoms with van der Waals surface area (Å²) in [5.41, 5.74) is 0.714. The zero-order valence-electron chi connectivity index (χ0n) is 9.99. The molecule has 6 nitrogen and oxygen atoms in total. The Bertz CT molecular complexity index is 385. The van der Waals surface area contributed by atoms with Gasteiger partial charge in [-0.05, 0) is 31.2 Å². The van der Waals surface area contributed by atoms with Gasteiger partial charge in [0.25, 0.3) is 0 Å². The van der Waals surface area contributed by atoms with Crippen LogP contribution in [0.3, 0.4) is 0 Å². The molecule has 2 unspecified atom stereocenters. The number of benzene rings is 1. The van der Waals surface area contributed by atoms with Crippen LogP contribution in [0, 0.1) is 4.91 Å². The van der Waals surface area contributed by atoms with Crippen molar-refractivity contribution in [2.75, 3.05) is 12.0 Å². The largest absolute Gasteiger partial charge is 0.494 e. The van der Waals surface area contributed by atoms with E-state index in [0.717, 1.165) is 0 Å². The molecule has 0 bridgehead atoms. The fraction of sp³-hybridized carbons (Fsp3) is 0.455. The molecule has 17 heavy (non-hydrogen) atoms. The minimum Gasteiger partial charge on any atom is -0.494 e. The molecule has 0 aromatic heterocycles. The second-order valence-electron chi connectivity index (χ2n) is 3.62. The van der Waals surface area contributed by atoms with Crippen LogP contribution in [-0.4, -0.2) is 29.8 Å². The summed E-state index contributed by atoms with van der Waals surface area (Å²) in [5, 5.41) is 21.9. The Kier molecular flexibility index (Phi) is 4.42. The number of hydrogen-bond donors (Lipinski definition) is 2. The fourth-order valence-corrected chi connectivity index (χ4v) is 1.65. The first-order valence-corrected chi connectivity index (χ1v) is 5.17. The molecule has 2 N–H and O–H groups in total. The second-order valence-corrected chi connectivity index (χ2v) is 3.62. The van der Waals surface area contributed by atoms with Gasteiger partial charge >= 0.3 is 0 Å². The van der Waals surface area contributed by atoms with Crippen molar-refractivity contribution in [2.24, 2.45) is 5.18 Å². The molecular formula is C11H16N2O4. The third kappa shape index (κ3) is 2.92. The maximum absolute atomic E-state index is 10.5. The molecule has 0 fully saturated rings. The van der Waals surface area contributed by atoms with Crippen molar-refractivity contribution in [1.82, 2.24) is 0 Å². The highest BCUT2D eigenvalue weighted by Gasteiger charge is 2.18. The van der Waals surface area contributed by atoms with Crippen LogP contribution in [0.5, 0.6) is 5.75 Å². The molecule has 0 saturated carbocycles. The predicted octanol–water partition coefficient (Wildman–Crippen LogP) is 1.58. The molecule has 0 heterocycles. The maximum Gasteiger partial charge on any atom is 0.150 e. The molecule has 0 aliphatic carbocycles. The van der Waals surface area contributed by atoms with Crippen LogP contribution in [0.2, 0.25) is 0 Å². The summed E-state index contributed by atoms with van der Waals surface area (Å²) in [6.07, 6.45) is -1.73. The van der Waals surface area contributed by atoms with Crippen molar-refractivity contribution in [2.45, 2.75) is 26.3 Å². The summed E-state index contributed by atoms with van der Waals surface area (Å²) in [7, 11) is 1.42. The first-order valence-electron chi connectivity index (χ1n) is 5.17. The van der Waals surface area contributed by atoms with E-state index in [1.54, 1.807) is 6.07 Å². The van der Waals surface area contributed by atoms with Crippen LogP contribution in [0.15, 0.2) is 23.4 Å². The van der Waals surface area contributed by atoms with E-state index < -0.39 is 12.5 Å². The Morgan fingerprint density at radius 3 is 2.29 bits per heavy atom. The van der Waals surface area contributed by atoms with E-state index in [1.807, 2.05) is 0 Å². The highest BCUT2D eigenvalue weighted by molar-refractivity contribution is 5.62. The smallest absolute Gasteiger partial charge is 0.150 e. The molecule has 0 radical (unpaired) electrons. The first kappa shape index (κ1) is 13.4. The van der Waals surface area contributed by atoms with Crippen LogP contribution in [0.4, 0.5) is 11.4 Å². The average molecular weight is 240 g/mol. The molecule has 2 atom stereocenters. The van der Waals surface area contributed by atoms with Crippen LogP contribution < -0.4 is 9.64 Å². The van der Waals surface area contributed by atoms with E-state index in [2.05, 4.69) is 5.18 Å². The molecule has 1 aromatic carbocycles. The van der Waals surface area contributed by atoms with Gasteiger partial charge in [-0.2, -0.15) is 0 Å². The van der Waals surface area contributed by atoms with Crippen LogP contribution in [0.25, 0.3) is 0 Å². The van der Waals surface area contributed by atoms with Crippen molar-refractivity contribution in [3.8, 4) is 5.75 Å². The minimum absolute atomic E-state index is 0.174. The quantitative estimate of drug-likeness (QED) is 0.603. The van der Waals surface area contributed by atoms with Gasteiger partial charge in [0.2, 0.25) is 0 Å². The maximum atomic E-state index is 10.5. The zero-order valence-corrected chi connectivity index (χ0v) is 9.99. The van der Waals surface area contributed by atoms with E-state index in [0.29, 0.717) is 11.4 Å². The summed E-state index contributed by atoms with van der Waals surface area (Å²) < 4.78 is 5.00. The van der Waals surface area contributed by atoms with E-state index in [9.17, 15) is 15.1 Å². The van der Waals surface area contributed by atoms with Gasteiger partial charge in [-0.25, -0.2) is 0 Å². The number of nitrogens with zero attached hydrogens (tertiary/aromatic N) is 2. The van der Waals surface area contributed by atoms with E-state index in [1.165, 1.54) is 38.0 Å². The summed E-state index contributed by atoms with van der Waals surface area (Å²) in [4.78, 5) is 11.9. The molecule has 0 spiro atoms. The molecule has 94 valence electrons. The summed E-state index contributed by atoms with van der Waals surface area (Å²) >= 11 is 0. The standard InChI is InChI=1S/C11H16N2O4/c1-7(14)13(8(2)15)9-4-5-10(12-16)11(6-9)17-3/h4-8,14-15H,1-3H3. The molecule has 0 saturated heterocycles. The van der Waals surface area contributed by atoms with Crippen molar-refractivity contribution >= 4 is 11.4 Å². The highest BCUT2D eigenvalue weighted by atomic mass is 16.5. The third-order valence-electron chi connectivity index (χ3n) is 2.36. The topological polar surface area (TPSA) is 82.4 Å². The number of ether oxygens (including phenoxy) is 1. The molecule has 0 aliphatic rings. The van der Waals surface area contributed by atoms with Gasteiger partial charge in [0.05, 0.1) is 7.11 Å². The van der Waals surface area contributed by atoms with Crippen LogP contribution >= 0.6 is 0 Å². The van der Waals surface area contributed by atoms with Gasteiger partial charge in [0, 0.05) is 11.8 Å². The SMILES string of the molecule is COc1cc(N(C(C)O)C(C)O)ccc1N=O. The number of rotatable bonds is 5. The lowest BCUT2D eigenvalue weighted by Crippen LogP contribution is -2.40. The lowest BCUT2D eigenvalue weighted by Gasteiger charge is -2.30. The van der Waals surface area contributed by atoms with Gasteiger partial charge in [-0.15, -0.1) is 4.91 Å². The van der Waals surface area contributed by atoms with Gasteiger partial charge < -0.3 is 19.8 Å². The Morgan fingerprint density at radius 1 is 1.29 bits per heavy atom. The first-order chi connectivity index (χ1) is 8.01. The Labute approximate surface area is 99.4 Å². The second kappa shape index (κ2) is 5.60. The van der Waals surface area contributed by atoms with E-state index in [4.69, 9.17) is 4.74 Å². The molecule has 0 amide bonds. The third-order valence-corrected chi connectivity index (χ3v) is 2.36. The molecule has 0 aliphatic heterocycles. The molecule has 1 aromatic rings. The van der Waals surface area contributed by atoms with Crippen molar-refractivity contribution in [3.05, 3.63) is 23.1 Å². The van der Waals surface area contributed by atoms with Gasteiger partial charge in [0.15, 0.2) is 0 Å². The number of aliphatic hydroxyl groups is 2. The Morgan fingerprint density at radius 2 is 1.88 bits per heavy atom. The van der Waals surface area contributed by atoms with E-state index in [-0.39, 0.29) is 5.69 Å². The summed E-state index contributed by atoms with van der Waals surface area (Å²) in [6.45, 7) is 3.07. The lowest BCUT2D eigenvalue weighted by atomic mass is 10.2. The van der Waals surface area contributed by atoms with Crippen molar-refractivity contribution in [3.63, 3.8) is 0 Å². The number of methoxy groups -OCH3 is 1. The van der Waals surface area contributed by atoms with Gasteiger partial charge in [0.1, 0.15) is 23.9 Å². The number of aliphatic hydroxyl groups excluding tert-OH is 2. The zero-order chi connectivity index (χ0) is 13.0. The van der Waals surface area contributed by atoms with E-state index >= 15 is 0 Å². The Balaban J connectivity index is 3.17. The van der Waals surface area contributed by atoms with Crippen molar-refractivity contribution < 1.29 is 14.9 Å². The molecule has 1 rings (SSSR count). The monoisotopic (exact) mass is 240 g/mol. The lowest BCUT2D eigenvalue weighted by molar-refractivity contribution is 0.105. The van der Waals surface area contributed by atoms with Crippen molar-refractivity contribution in [1.29, 1.82) is 0 Å². The normalized spacial score (nSPS) is 13.9. The summed E-state index contributed by atoms with van der Waals surface area (Å²) in [5.74, 6) is 0.295. The Hall–Kier alpha value is -1.66. The van der Waals surface area contributed by atoms with Gasteiger partial charge in [-0.3, -0.25) is 0 Å². The average Bonchev–Trinajstić information content (AvgIpc) is 2.27. The minimum atomic E-state index is -0.866. The number of nitroso groups, excluding NO2 is 1. The fourth-order valence-electron chi connectivity index (χ4n) is 1.65.